The van der Waals surface area contributed by atoms with Crippen LogP contribution < -0.4 is 5.76 Å². The second kappa shape index (κ2) is 2.70. The van der Waals surface area contributed by atoms with Gasteiger partial charge in [0, 0.05) is 0 Å². The zero-order valence-electron chi connectivity index (χ0n) is 6.20. The summed E-state index contributed by atoms with van der Waals surface area (Å²) in [5.41, 5.74) is 0. The zero-order valence-corrected chi connectivity index (χ0v) is 6.96. The van der Waals surface area contributed by atoms with Crippen molar-refractivity contribution < 1.29 is 13.9 Å². The average molecular weight is 202 g/mol. The number of aromatic nitrogens is 1. The van der Waals surface area contributed by atoms with E-state index in [2.05, 4.69) is 4.42 Å². The average Bonchev–Trinajstić information content (AvgIpc) is 2.58. The Labute approximate surface area is 76.6 Å². The largest absolute Gasteiger partial charge is 0.492 e. The molecule has 0 unspecified atom stereocenters. The third-order valence-corrected chi connectivity index (χ3v) is 1.75. The smallest absolute Gasteiger partial charge is 0.419 e. The molecule has 0 saturated carbocycles. The summed E-state index contributed by atoms with van der Waals surface area (Å²) < 4.78 is 9.50. The Morgan fingerprint density at radius 3 is 2.69 bits per heavy atom. The third-order valence-electron chi connectivity index (χ3n) is 1.45. The van der Waals surface area contributed by atoms with Crippen molar-refractivity contribution in [3.05, 3.63) is 27.9 Å². The maximum absolute atomic E-state index is 10.7. The number of furan rings is 1. The van der Waals surface area contributed by atoms with E-state index in [1.807, 2.05) is 4.98 Å². The summed E-state index contributed by atoms with van der Waals surface area (Å²) in [6.07, 6.45) is 1.32. The predicted octanol–water partition coefficient (Wildman–Crippen LogP) is 1.59. The highest BCUT2D eigenvalue weighted by atomic mass is 35.5. The molecule has 0 bridgehead atoms. The number of nitrogens with one attached hydrogen (secondary N) is 1. The second-order valence-electron chi connectivity index (χ2n) is 2.29. The molecule has 2 heterocycles. The normalized spacial score (nSPS) is 10.5. The van der Waals surface area contributed by atoms with E-state index in [4.69, 9.17) is 21.1 Å². The molecule has 2 N–H and O–H groups in total. The van der Waals surface area contributed by atoms with E-state index in [1.165, 1.54) is 12.3 Å². The summed E-state index contributed by atoms with van der Waals surface area (Å²) in [5.74, 6) is -1.14. The highest BCUT2D eigenvalue weighted by Crippen LogP contribution is 2.32. The number of aromatic amines is 1. The van der Waals surface area contributed by atoms with Crippen LogP contribution in [0.5, 0.6) is 5.88 Å². The number of hydrogen-bond donors (Lipinski definition) is 2. The highest BCUT2D eigenvalue weighted by Gasteiger charge is 2.17. The van der Waals surface area contributed by atoms with Gasteiger partial charge in [0.05, 0.1) is 11.3 Å². The standard InChI is InChI=1S/C7H4ClNO4/c8-3-1-2-12-4(3)5-6(10)9-7(11)13-5/h1-2,10H,(H,9,11). The Morgan fingerprint density at radius 1 is 1.46 bits per heavy atom. The molecule has 2 aromatic heterocycles. The molecular weight excluding hydrogens is 198 g/mol. The van der Waals surface area contributed by atoms with Gasteiger partial charge in [-0.3, -0.25) is 4.98 Å². The van der Waals surface area contributed by atoms with Crippen molar-refractivity contribution in [3.8, 4) is 17.4 Å². The lowest BCUT2D eigenvalue weighted by atomic mass is 10.4. The Hall–Kier alpha value is -1.62. The lowest BCUT2D eigenvalue weighted by Gasteiger charge is -1.90. The van der Waals surface area contributed by atoms with Gasteiger partial charge in [-0.1, -0.05) is 11.6 Å². The second-order valence-corrected chi connectivity index (χ2v) is 2.70. The first-order valence-corrected chi connectivity index (χ1v) is 3.71. The molecule has 5 nitrogen and oxygen atoms in total. The van der Waals surface area contributed by atoms with Crippen LogP contribution in [0.3, 0.4) is 0 Å². The van der Waals surface area contributed by atoms with Gasteiger partial charge in [0.25, 0.3) is 0 Å². The van der Waals surface area contributed by atoms with Crippen LogP contribution >= 0.6 is 11.6 Å². The molecule has 0 aliphatic rings. The highest BCUT2D eigenvalue weighted by molar-refractivity contribution is 6.32. The zero-order chi connectivity index (χ0) is 9.42. The number of halogens is 1. The van der Waals surface area contributed by atoms with E-state index >= 15 is 0 Å². The Balaban J connectivity index is 2.65. The van der Waals surface area contributed by atoms with E-state index in [0.29, 0.717) is 0 Å². The van der Waals surface area contributed by atoms with Gasteiger partial charge in [-0.2, -0.15) is 0 Å². The van der Waals surface area contributed by atoms with Crippen molar-refractivity contribution in [2.45, 2.75) is 0 Å². The molecule has 0 aromatic carbocycles. The maximum Gasteiger partial charge on any atom is 0.419 e. The summed E-state index contributed by atoms with van der Waals surface area (Å²) in [6, 6.07) is 1.48. The van der Waals surface area contributed by atoms with Crippen LogP contribution in [-0.4, -0.2) is 10.1 Å². The number of hydrogen-bond acceptors (Lipinski definition) is 4. The predicted molar refractivity (Wildman–Crippen MR) is 43.7 cm³/mol. The van der Waals surface area contributed by atoms with Gasteiger partial charge in [0.1, 0.15) is 0 Å². The molecule has 0 fully saturated rings. The lowest BCUT2D eigenvalue weighted by molar-refractivity contribution is 0.444. The van der Waals surface area contributed by atoms with Gasteiger partial charge in [-0.15, -0.1) is 0 Å². The molecule has 0 spiro atoms. The van der Waals surface area contributed by atoms with Crippen LogP contribution in [0.1, 0.15) is 0 Å². The van der Waals surface area contributed by atoms with Crippen molar-refractivity contribution in [2.75, 3.05) is 0 Å². The number of oxazole rings is 1. The molecule has 0 aliphatic carbocycles. The molecule has 6 heteroatoms. The summed E-state index contributed by atoms with van der Waals surface area (Å²) in [6.45, 7) is 0. The van der Waals surface area contributed by atoms with Crippen LogP contribution in [0.15, 0.2) is 26.0 Å². The van der Waals surface area contributed by atoms with E-state index < -0.39 is 11.6 Å². The van der Waals surface area contributed by atoms with Gasteiger partial charge in [-0.25, -0.2) is 4.79 Å². The van der Waals surface area contributed by atoms with Crippen LogP contribution in [0.4, 0.5) is 0 Å². The minimum absolute atomic E-state index is 0.0972. The molecule has 0 atom stereocenters. The van der Waals surface area contributed by atoms with Crippen LogP contribution in [0.2, 0.25) is 5.02 Å². The molecule has 2 rings (SSSR count). The Kier molecular flexibility index (Phi) is 1.66. The fourth-order valence-corrected chi connectivity index (χ4v) is 1.11. The first kappa shape index (κ1) is 8.00. The summed E-state index contributed by atoms with van der Waals surface area (Å²) in [7, 11) is 0. The van der Waals surface area contributed by atoms with Crippen LogP contribution in [0.25, 0.3) is 11.5 Å². The molecule has 13 heavy (non-hydrogen) atoms. The molecule has 0 amide bonds. The summed E-state index contributed by atoms with van der Waals surface area (Å²) >= 11 is 5.67. The maximum atomic E-state index is 10.7. The van der Waals surface area contributed by atoms with E-state index in [1.54, 1.807) is 0 Å². The fourth-order valence-electron chi connectivity index (χ4n) is 0.930. The van der Waals surface area contributed by atoms with E-state index in [0.717, 1.165) is 0 Å². The van der Waals surface area contributed by atoms with Gasteiger partial charge < -0.3 is 13.9 Å². The van der Waals surface area contributed by atoms with Gasteiger partial charge in [0.2, 0.25) is 11.6 Å². The Bertz CT molecular complexity index is 481. The lowest BCUT2D eigenvalue weighted by Crippen LogP contribution is -1.92. The van der Waals surface area contributed by atoms with Gasteiger partial charge in [-0.05, 0) is 6.07 Å². The van der Waals surface area contributed by atoms with Crippen LogP contribution in [-0.2, 0) is 0 Å². The first-order chi connectivity index (χ1) is 6.18. The minimum Gasteiger partial charge on any atom is -0.492 e. The number of H-pyrrole nitrogens is 1. The first-order valence-electron chi connectivity index (χ1n) is 3.34. The summed E-state index contributed by atoms with van der Waals surface area (Å²) in [5, 5.41) is 9.42. The molecule has 0 aliphatic heterocycles. The molecular formula is C7H4ClNO4. The fraction of sp³-hybridized carbons (Fsp3) is 0. The van der Waals surface area contributed by atoms with Crippen molar-refractivity contribution in [1.29, 1.82) is 0 Å². The topological polar surface area (TPSA) is 79.4 Å². The van der Waals surface area contributed by atoms with Crippen molar-refractivity contribution in [2.24, 2.45) is 0 Å². The quantitative estimate of drug-likeness (QED) is 0.734. The minimum atomic E-state index is -0.764. The molecule has 0 radical (unpaired) electrons. The van der Waals surface area contributed by atoms with E-state index in [-0.39, 0.29) is 16.5 Å². The summed E-state index contributed by atoms with van der Waals surface area (Å²) in [4.78, 5) is 12.7. The SMILES string of the molecule is O=c1[nH]c(O)c(-c2occc2Cl)o1. The van der Waals surface area contributed by atoms with Crippen molar-refractivity contribution in [1.82, 2.24) is 4.98 Å². The molecule has 0 saturated heterocycles. The molecule has 68 valence electrons. The number of aromatic hydroxyl groups is 1. The van der Waals surface area contributed by atoms with Gasteiger partial charge >= 0.3 is 5.76 Å². The number of rotatable bonds is 1. The van der Waals surface area contributed by atoms with Gasteiger partial charge in [0.15, 0.2) is 5.76 Å². The molecule has 2 aromatic rings. The van der Waals surface area contributed by atoms with Crippen molar-refractivity contribution >= 4 is 11.6 Å². The Morgan fingerprint density at radius 2 is 2.23 bits per heavy atom. The third kappa shape index (κ3) is 1.23. The van der Waals surface area contributed by atoms with E-state index in [9.17, 15) is 4.79 Å². The van der Waals surface area contributed by atoms with Crippen LogP contribution in [0, 0.1) is 0 Å². The monoisotopic (exact) mass is 201 g/mol. The van der Waals surface area contributed by atoms with Crippen molar-refractivity contribution in [3.63, 3.8) is 0 Å².